The third-order valence-electron chi connectivity index (χ3n) is 6.07. The van der Waals surface area contributed by atoms with Crippen LogP contribution >= 0.6 is 0 Å². The molecule has 2 atom stereocenters. The molecule has 1 saturated heterocycles. The van der Waals surface area contributed by atoms with Gasteiger partial charge in [-0.05, 0) is 42.4 Å². The molecule has 30 heavy (non-hydrogen) atoms. The van der Waals surface area contributed by atoms with Gasteiger partial charge in [-0.25, -0.2) is 4.79 Å². The summed E-state index contributed by atoms with van der Waals surface area (Å²) in [5.41, 5.74) is 2.01. The summed E-state index contributed by atoms with van der Waals surface area (Å²) in [4.78, 5) is 39.8. The van der Waals surface area contributed by atoms with Gasteiger partial charge in [0, 0.05) is 0 Å². The molecule has 0 radical (unpaired) electrons. The lowest BCUT2D eigenvalue weighted by molar-refractivity contribution is -0.135. The highest BCUT2D eigenvalue weighted by molar-refractivity contribution is 6.09. The lowest BCUT2D eigenvalue weighted by Crippen LogP contribution is -2.45. The van der Waals surface area contributed by atoms with Crippen molar-refractivity contribution in [2.75, 3.05) is 6.54 Å². The van der Waals surface area contributed by atoms with Crippen LogP contribution in [0.1, 0.15) is 55.3 Å². The molecule has 6 heteroatoms. The molecule has 2 aliphatic rings. The van der Waals surface area contributed by atoms with Crippen LogP contribution in [0, 0.1) is 0 Å². The first-order chi connectivity index (χ1) is 14.5. The summed E-state index contributed by atoms with van der Waals surface area (Å²) in [5.74, 6) is -0.680. The largest absolute Gasteiger partial charge is 0.348 e. The van der Waals surface area contributed by atoms with E-state index in [4.69, 9.17) is 0 Å². The predicted octanol–water partition coefficient (Wildman–Crippen LogP) is 3.43. The van der Waals surface area contributed by atoms with Crippen molar-refractivity contribution >= 4 is 17.8 Å². The van der Waals surface area contributed by atoms with Gasteiger partial charge in [-0.1, -0.05) is 67.9 Å². The molecule has 0 spiro atoms. The minimum absolute atomic E-state index is 0.0854. The van der Waals surface area contributed by atoms with Crippen LogP contribution in [0.15, 0.2) is 54.6 Å². The first-order valence-corrected chi connectivity index (χ1v) is 10.6. The van der Waals surface area contributed by atoms with Crippen LogP contribution in [-0.2, 0) is 21.5 Å². The Balaban J connectivity index is 1.50. The Hall–Kier alpha value is -3.15. The Kier molecular flexibility index (Phi) is 5.57. The van der Waals surface area contributed by atoms with E-state index in [1.165, 1.54) is 5.56 Å². The fraction of sp³-hybridized carbons (Fsp3) is 0.375. The van der Waals surface area contributed by atoms with Crippen molar-refractivity contribution in [3.63, 3.8) is 0 Å². The fourth-order valence-corrected chi connectivity index (χ4v) is 4.66. The SMILES string of the molecule is CCC[C@@]1(c2ccccc2)NC(=O)N(CC(=O)N[C@@H]2CCCc3ccccc32)C1=O. The van der Waals surface area contributed by atoms with Gasteiger partial charge in [-0.15, -0.1) is 0 Å². The van der Waals surface area contributed by atoms with Gasteiger partial charge in [-0.2, -0.15) is 0 Å². The molecule has 4 rings (SSSR count). The molecule has 0 saturated carbocycles. The lowest BCUT2D eigenvalue weighted by Gasteiger charge is -2.28. The quantitative estimate of drug-likeness (QED) is 0.723. The lowest BCUT2D eigenvalue weighted by atomic mass is 9.85. The van der Waals surface area contributed by atoms with Crippen molar-refractivity contribution < 1.29 is 14.4 Å². The molecular weight excluding hydrogens is 378 g/mol. The number of nitrogens with zero attached hydrogens (tertiary/aromatic N) is 1. The van der Waals surface area contributed by atoms with E-state index in [0.29, 0.717) is 6.42 Å². The van der Waals surface area contributed by atoms with Gasteiger partial charge >= 0.3 is 6.03 Å². The molecule has 1 fully saturated rings. The second-order valence-electron chi connectivity index (χ2n) is 8.05. The van der Waals surface area contributed by atoms with Gasteiger partial charge < -0.3 is 10.6 Å². The third-order valence-corrected chi connectivity index (χ3v) is 6.07. The Morgan fingerprint density at radius 1 is 1.13 bits per heavy atom. The Morgan fingerprint density at radius 2 is 1.87 bits per heavy atom. The van der Waals surface area contributed by atoms with Crippen molar-refractivity contribution in [3.05, 3.63) is 71.3 Å². The molecule has 6 nitrogen and oxygen atoms in total. The monoisotopic (exact) mass is 405 g/mol. The number of imide groups is 1. The van der Waals surface area contributed by atoms with Crippen molar-refractivity contribution in [1.29, 1.82) is 0 Å². The number of rotatable bonds is 6. The van der Waals surface area contributed by atoms with Gasteiger partial charge in [0.2, 0.25) is 5.91 Å². The van der Waals surface area contributed by atoms with E-state index >= 15 is 0 Å². The van der Waals surface area contributed by atoms with E-state index in [1.807, 2.05) is 55.5 Å². The summed E-state index contributed by atoms with van der Waals surface area (Å²) < 4.78 is 0. The Bertz CT molecular complexity index is 959. The minimum Gasteiger partial charge on any atom is -0.348 e. The van der Waals surface area contributed by atoms with Crippen LogP contribution < -0.4 is 10.6 Å². The topological polar surface area (TPSA) is 78.5 Å². The number of aryl methyl sites for hydroxylation is 1. The van der Waals surface area contributed by atoms with Gasteiger partial charge in [-0.3, -0.25) is 14.5 Å². The van der Waals surface area contributed by atoms with E-state index in [1.54, 1.807) is 0 Å². The van der Waals surface area contributed by atoms with Crippen LogP contribution in [-0.4, -0.2) is 29.3 Å². The third kappa shape index (κ3) is 3.58. The second-order valence-corrected chi connectivity index (χ2v) is 8.05. The first-order valence-electron chi connectivity index (χ1n) is 10.6. The van der Waals surface area contributed by atoms with E-state index < -0.39 is 11.6 Å². The van der Waals surface area contributed by atoms with Gasteiger partial charge in [0.25, 0.3) is 5.91 Å². The Labute approximate surface area is 176 Å². The summed E-state index contributed by atoms with van der Waals surface area (Å²) in [6.07, 6.45) is 4.06. The molecule has 1 heterocycles. The fourth-order valence-electron chi connectivity index (χ4n) is 4.66. The smallest absolute Gasteiger partial charge is 0.325 e. The number of hydrogen-bond acceptors (Lipinski definition) is 3. The van der Waals surface area contributed by atoms with E-state index in [-0.39, 0.29) is 24.4 Å². The first kappa shape index (κ1) is 20.1. The van der Waals surface area contributed by atoms with Crippen LogP contribution in [0.25, 0.3) is 0 Å². The molecule has 2 N–H and O–H groups in total. The van der Waals surface area contributed by atoms with Gasteiger partial charge in [0.05, 0.1) is 6.04 Å². The average Bonchev–Trinajstić information content (AvgIpc) is 3.00. The number of amides is 4. The van der Waals surface area contributed by atoms with Crippen molar-refractivity contribution in [2.45, 2.75) is 50.6 Å². The molecule has 4 amide bonds. The van der Waals surface area contributed by atoms with E-state index in [2.05, 4.69) is 16.7 Å². The maximum atomic E-state index is 13.3. The molecule has 156 valence electrons. The number of fused-ring (bicyclic) bond motifs is 1. The van der Waals surface area contributed by atoms with Gasteiger partial charge in [0.1, 0.15) is 12.1 Å². The van der Waals surface area contributed by atoms with Crippen molar-refractivity contribution in [2.24, 2.45) is 0 Å². The predicted molar refractivity (Wildman–Crippen MR) is 114 cm³/mol. The molecule has 1 aliphatic carbocycles. The van der Waals surface area contributed by atoms with Crippen molar-refractivity contribution in [1.82, 2.24) is 15.5 Å². The summed E-state index contributed by atoms with van der Waals surface area (Å²) in [6.45, 7) is 1.70. The molecule has 1 aliphatic heterocycles. The van der Waals surface area contributed by atoms with Crippen LogP contribution in [0.5, 0.6) is 0 Å². The zero-order chi connectivity index (χ0) is 21.1. The highest BCUT2D eigenvalue weighted by Crippen LogP contribution is 2.34. The maximum absolute atomic E-state index is 13.3. The normalized spacial score (nSPS) is 23.1. The molecular formula is C24H27N3O3. The zero-order valence-corrected chi connectivity index (χ0v) is 17.2. The minimum atomic E-state index is -1.11. The van der Waals surface area contributed by atoms with Crippen LogP contribution in [0.2, 0.25) is 0 Å². The number of nitrogens with one attached hydrogen (secondary N) is 2. The molecule has 2 aromatic carbocycles. The molecule has 0 bridgehead atoms. The van der Waals surface area contributed by atoms with E-state index in [9.17, 15) is 14.4 Å². The summed E-state index contributed by atoms with van der Waals surface area (Å²) in [7, 11) is 0. The summed E-state index contributed by atoms with van der Waals surface area (Å²) >= 11 is 0. The molecule has 2 aromatic rings. The summed E-state index contributed by atoms with van der Waals surface area (Å²) in [5, 5.41) is 5.90. The maximum Gasteiger partial charge on any atom is 0.325 e. The number of carbonyl (C=O) groups excluding carboxylic acids is 3. The Morgan fingerprint density at radius 3 is 2.63 bits per heavy atom. The average molecular weight is 405 g/mol. The van der Waals surface area contributed by atoms with Gasteiger partial charge in [0.15, 0.2) is 0 Å². The zero-order valence-electron chi connectivity index (χ0n) is 17.2. The van der Waals surface area contributed by atoms with Crippen molar-refractivity contribution in [3.8, 4) is 0 Å². The number of urea groups is 1. The number of carbonyl (C=O) groups is 3. The van der Waals surface area contributed by atoms with E-state index in [0.717, 1.165) is 41.7 Å². The second kappa shape index (κ2) is 8.30. The summed E-state index contributed by atoms with van der Waals surface area (Å²) in [6, 6.07) is 16.8. The van der Waals surface area contributed by atoms with Crippen LogP contribution in [0.3, 0.4) is 0 Å². The molecule has 0 unspecified atom stereocenters. The highest BCUT2D eigenvalue weighted by atomic mass is 16.2. The standard InChI is InChI=1S/C24H27N3O3/c1-2-15-24(18-11-4-3-5-12-18)22(29)27(23(30)26-24)16-21(28)25-20-14-8-10-17-9-6-7-13-19(17)20/h3-7,9,11-13,20H,2,8,10,14-16H2,1H3,(H,25,28)(H,26,30)/t20-,24+/m1/s1. The number of benzene rings is 2. The molecule has 0 aromatic heterocycles. The van der Waals surface area contributed by atoms with Crippen LogP contribution in [0.4, 0.5) is 4.79 Å². The highest BCUT2D eigenvalue weighted by Gasteiger charge is 2.52. The number of hydrogen-bond donors (Lipinski definition) is 2.